The third-order valence-electron chi connectivity index (χ3n) is 5.69. The zero-order chi connectivity index (χ0) is 16.4. The maximum atomic E-state index is 4.93. The van der Waals surface area contributed by atoms with Gasteiger partial charge in [0.15, 0.2) is 0 Å². The number of aromatic nitrogens is 4. The lowest BCUT2D eigenvalue weighted by atomic mass is 9.89. The lowest BCUT2D eigenvalue weighted by Crippen LogP contribution is -2.43. The highest BCUT2D eigenvalue weighted by Crippen LogP contribution is 2.31. The summed E-state index contributed by atoms with van der Waals surface area (Å²) in [5.41, 5.74) is 3.11. The average Bonchev–Trinajstić information content (AvgIpc) is 3.09. The number of rotatable bonds is 3. The van der Waals surface area contributed by atoms with Gasteiger partial charge in [0.05, 0.1) is 30.1 Å². The van der Waals surface area contributed by atoms with Crippen LogP contribution in [0.15, 0.2) is 24.9 Å². The van der Waals surface area contributed by atoms with Crippen molar-refractivity contribution < 1.29 is 0 Å². The Balaban J connectivity index is 1.52. The molecule has 0 N–H and O–H groups in total. The Bertz CT molecular complexity index is 674. The molecular weight excluding hydrogens is 298 g/mol. The van der Waals surface area contributed by atoms with Crippen LogP contribution in [0.25, 0.3) is 11.4 Å². The van der Waals surface area contributed by atoms with Gasteiger partial charge in [0, 0.05) is 31.7 Å². The number of aryl methyl sites for hydroxylation is 1. The van der Waals surface area contributed by atoms with Gasteiger partial charge in [-0.25, -0.2) is 9.97 Å². The first-order valence-corrected chi connectivity index (χ1v) is 9.34. The Labute approximate surface area is 144 Å². The minimum atomic E-state index is 0.515. The first-order valence-electron chi connectivity index (χ1n) is 9.34. The lowest BCUT2D eigenvalue weighted by Gasteiger charge is -2.39. The van der Waals surface area contributed by atoms with E-state index < -0.39 is 0 Å². The van der Waals surface area contributed by atoms with Crippen LogP contribution in [0.2, 0.25) is 0 Å². The predicted octanol–water partition coefficient (Wildman–Crippen LogP) is 3.39. The molecule has 1 aliphatic heterocycles. The summed E-state index contributed by atoms with van der Waals surface area (Å²) in [6.45, 7) is 2.41. The van der Waals surface area contributed by atoms with E-state index in [0.29, 0.717) is 5.92 Å². The summed E-state index contributed by atoms with van der Waals surface area (Å²) in [6.07, 6.45) is 17.0. The third kappa shape index (κ3) is 3.22. The number of imidazole rings is 1. The highest BCUT2D eigenvalue weighted by Gasteiger charge is 2.28. The number of nitrogens with zero attached hydrogens (tertiary/aromatic N) is 5. The average molecular weight is 325 g/mol. The standard InChI is InChI=1S/C19H27N5/c1-23-14-21-12-19(23)18-11-20-10-17(22-18)15-6-5-9-24(13-15)16-7-3-2-4-8-16/h10-12,14-16H,2-9,13H2,1H3/t15-/m1/s1. The second kappa shape index (κ2) is 7.01. The molecule has 128 valence electrons. The number of hydrogen-bond acceptors (Lipinski definition) is 4. The molecule has 0 bridgehead atoms. The van der Waals surface area contributed by atoms with Crippen LogP contribution in [-0.4, -0.2) is 43.6 Å². The van der Waals surface area contributed by atoms with Gasteiger partial charge in [-0.1, -0.05) is 19.3 Å². The van der Waals surface area contributed by atoms with E-state index >= 15 is 0 Å². The molecule has 0 radical (unpaired) electrons. The second-order valence-electron chi connectivity index (χ2n) is 7.34. The van der Waals surface area contributed by atoms with Gasteiger partial charge in [-0.3, -0.25) is 9.88 Å². The molecule has 5 heteroatoms. The molecule has 1 atom stereocenters. The van der Waals surface area contributed by atoms with Crippen molar-refractivity contribution in [2.45, 2.75) is 56.9 Å². The Kier molecular flexibility index (Phi) is 4.60. The van der Waals surface area contributed by atoms with Crippen molar-refractivity contribution in [3.63, 3.8) is 0 Å². The van der Waals surface area contributed by atoms with Gasteiger partial charge in [-0.05, 0) is 32.2 Å². The van der Waals surface area contributed by atoms with E-state index in [2.05, 4.69) is 14.9 Å². The smallest absolute Gasteiger partial charge is 0.107 e. The fourth-order valence-electron chi connectivity index (χ4n) is 4.33. The van der Waals surface area contributed by atoms with Crippen LogP contribution >= 0.6 is 0 Å². The topological polar surface area (TPSA) is 46.8 Å². The summed E-state index contributed by atoms with van der Waals surface area (Å²) in [7, 11) is 2.00. The van der Waals surface area contributed by atoms with Gasteiger partial charge in [-0.15, -0.1) is 0 Å². The van der Waals surface area contributed by atoms with Crippen molar-refractivity contribution in [2.75, 3.05) is 13.1 Å². The van der Waals surface area contributed by atoms with E-state index in [0.717, 1.165) is 29.7 Å². The molecule has 3 heterocycles. The van der Waals surface area contributed by atoms with Gasteiger partial charge < -0.3 is 4.57 Å². The molecule has 2 aromatic heterocycles. The van der Waals surface area contributed by atoms with Crippen molar-refractivity contribution in [3.8, 4) is 11.4 Å². The first-order chi connectivity index (χ1) is 11.8. The van der Waals surface area contributed by atoms with Crippen LogP contribution in [0.1, 0.15) is 56.6 Å². The minimum absolute atomic E-state index is 0.515. The summed E-state index contributed by atoms with van der Waals surface area (Å²) >= 11 is 0. The van der Waals surface area contributed by atoms with Crippen LogP contribution in [0, 0.1) is 0 Å². The van der Waals surface area contributed by atoms with E-state index in [1.54, 1.807) is 0 Å². The molecule has 2 aliphatic rings. The SMILES string of the molecule is Cn1cncc1-c1cncc([C@@H]2CCCN(C3CCCCC3)C2)n1. The van der Waals surface area contributed by atoms with Crippen LogP contribution in [0.3, 0.4) is 0 Å². The van der Waals surface area contributed by atoms with Crippen molar-refractivity contribution in [1.82, 2.24) is 24.4 Å². The van der Waals surface area contributed by atoms with E-state index in [1.165, 1.54) is 51.5 Å². The van der Waals surface area contributed by atoms with Crippen LogP contribution in [-0.2, 0) is 7.05 Å². The van der Waals surface area contributed by atoms with Gasteiger partial charge in [0.1, 0.15) is 5.69 Å². The van der Waals surface area contributed by atoms with Crippen LogP contribution in [0.5, 0.6) is 0 Å². The van der Waals surface area contributed by atoms with Crippen LogP contribution in [0.4, 0.5) is 0 Å². The quantitative estimate of drug-likeness (QED) is 0.868. The fraction of sp³-hybridized carbons (Fsp3) is 0.632. The maximum Gasteiger partial charge on any atom is 0.107 e. The molecule has 0 unspecified atom stereocenters. The van der Waals surface area contributed by atoms with E-state index in [9.17, 15) is 0 Å². The van der Waals surface area contributed by atoms with E-state index in [4.69, 9.17) is 4.98 Å². The largest absolute Gasteiger partial charge is 0.332 e. The van der Waals surface area contributed by atoms with Gasteiger partial charge >= 0.3 is 0 Å². The minimum Gasteiger partial charge on any atom is -0.332 e. The Morgan fingerprint density at radius 2 is 1.83 bits per heavy atom. The molecule has 0 amide bonds. The highest BCUT2D eigenvalue weighted by molar-refractivity contribution is 5.52. The van der Waals surface area contributed by atoms with Gasteiger partial charge in [0.25, 0.3) is 0 Å². The van der Waals surface area contributed by atoms with E-state index in [-0.39, 0.29) is 0 Å². The normalized spacial score (nSPS) is 23.5. The molecule has 0 aromatic carbocycles. The van der Waals surface area contributed by atoms with E-state index in [1.807, 2.05) is 36.5 Å². The molecule has 1 saturated carbocycles. The van der Waals surface area contributed by atoms with Crippen molar-refractivity contribution >= 4 is 0 Å². The first kappa shape index (κ1) is 15.8. The molecule has 24 heavy (non-hydrogen) atoms. The third-order valence-corrected chi connectivity index (χ3v) is 5.69. The fourth-order valence-corrected chi connectivity index (χ4v) is 4.33. The maximum absolute atomic E-state index is 4.93. The predicted molar refractivity (Wildman–Crippen MR) is 94.7 cm³/mol. The molecule has 1 aliphatic carbocycles. The lowest BCUT2D eigenvalue weighted by molar-refractivity contribution is 0.118. The number of piperidine rings is 1. The summed E-state index contributed by atoms with van der Waals surface area (Å²) in [4.78, 5) is 16.3. The number of hydrogen-bond donors (Lipinski definition) is 0. The molecule has 5 nitrogen and oxygen atoms in total. The zero-order valence-corrected chi connectivity index (χ0v) is 14.6. The monoisotopic (exact) mass is 325 g/mol. The molecule has 1 saturated heterocycles. The zero-order valence-electron chi connectivity index (χ0n) is 14.6. The van der Waals surface area contributed by atoms with Crippen molar-refractivity contribution in [2.24, 2.45) is 7.05 Å². The molecular formula is C19H27N5. The Morgan fingerprint density at radius 1 is 0.958 bits per heavy atom. The van der Waals surface area contributed by atoms with Gasteiger partial charge in [-0.2, -0.15) is 0 Å². The molecule has 2 fully saturated rings. The molecule has 0 spiro atoms. The summed E-state index contributed by atoms with van der Waals surface area (Å²) in [6, 6.07) is 0.801. The second-order valence-corrected chi connectivity index (χ2v) is 7.34. The Morgan fingerprint density at radius 3 is 2.62 bits per heavy atom. The number of likely N-dealkylation sites (tertiary alicyclic amines) is 1. The molecule has 2 aromatic rings. The Hall–Kier alpha value is -1.75. The highest BCUT2D eigenvalue weighted by atomic mass is 15.2. The van der Waals surface area contributed by atoms with Crippen LogP contribution < -0.4 is 0 Å². The summed E-state index contributed by atoms with van der Waals surface area (Å²) in [5, 5.41) is 0. The van der Waals surface area contributed by atoms with Crippen molar-refractivity contribution in [3.05, 3.63) is 30.6 Å². The van der Waals surface area contributed by atoms with Gasteiger partial charge in [0.2, 0.25) is 0 Å². The summed E-state index contributed by atoms with van der Waals surface area (Å²) < 4.78 is 2.00. The van der Waals surface area contributed by atoms with Crippen molar-refractivity contribution in [1.29, 1.82) is 0 Å². The summed E-state index contributed by atoms with van der Waals surface area (Å²) in [5.74, 6) is 0.515. The molecule has 4 rings (SSSR count).